The van der Waals surface area contributed by atoms with Crippen molar-refractivity contribution in [2.75, 3.05) is 19.8 Å². The lowest BCUT2D eigenvalue weighted by Gasteiger charge is -2.28. The molecule has 0 amide bonds. The standard InChI is InChI=1S/C15H25BrO5SSi/c1-4-19-23(20-5-2,21-6-3)13-7-8-14-9-11-15(12-10-14)22(16,17)18/h9-12H,4-8,13H2,1-3H3. The van der Waals surface area contributed by atoms with Gasteiger partial charge in [-0.15, -0.1) is 0 Å². The Labute approximate surface area is 147 Å². The normalized spacial score (nSPS) is 12.5. The van der Waals surface area contributed by atoms with Gasteiger partial charge in [-0.05, 0) is 51.3 Å². The number of hydrogen-bond acceptors (Lipinski definition) is 5. The van der Waals surface area contributed by atoms with Crippen LogP contribution in [0.4, 0.5) is 0 Å². The molecule has 0 aromatic heterocycles. The number of rotatable bonds is 11. The first-order valence-electron chi connectivity index (χ1n) is 7.82. The molecule has 1 aromatic rings. The average molecular weight is 425 g/mol. The molecule has 1 aromatic carbocycles. The highest BCUT2D eigenvalue weighted by atomic mass is 79.9. The van der Waals surface area contributed by atoms with E-state index in [0.29, 0.717) is 19.8 Å². The van der Waals surface area contributed by atoms with Crippen LogP contribution in [0.15, 0.2) is 29.2 Å². The molecule has 0 atom stereocenters. The largest absolute Gasteiger partial charge is 0.500 e. The number of halogens is 1. The molecule has 5 nitrogen and oxygen atoms in total. The van der Waals surface area contributed by atoms with Crippen molar-refractivity contribution in [1.29, 1.82) is 0 Å². The zero-order chi connectivity index (χ0) is 17.3. The second-order valence-electron chi connectivity index (χ2n) is 4.92. The maximum atomic E-state index is 11.4. The van der Waals surface area contributed by atoms with Crippen LogP contribution in [-0.2, 0) is 28.0 Å². The lowest BCUT2D eigenvalue weighted by Crippen LogP contribution is -2.46. The van der Waals surface area contributed by atoms with Crippen LogP contribution < -0.4 is 0 Å². The van der Waals surface area contributed by atoms with E-state index < -0.39 is 17.1 Å². The van der Waals surface area contributed by atoms with E-state index in [0.717, 1.165) is 24.4 Å². The molecule has 1 rings (SSSR count). The van der Waals surface area contributed by atoms with Gasteiger partial charge in [0.05, 0.1) is 19.7 Å². The minimum absolute atomic E-state index is 0.267. The minimum atomic E-state index is -3.33. The van der Waals surface area contributed by atoms with Crippen LogP contribution in [0, 0.1) is 0 Å². The molecule has 0 spiro atoms. The number of benzene rings is 1. The topological polar surface area (TPSA) is 61.8 Å². The van der Waals surface area contributed by atoms with Crippen molar-refractivity contribution in [2.45, 2.75) is 44.6 Å². The first-order valence-corrected chi connectivity index (χ1v) is 13.1. The molecule has 0 N–H and O–H groups in total. The summed E-state index contributed by atoms with van der Waals surface area (Å²) >= 11 is 2.67. The van der Waals surface area contributed by atoms with Crippen molar-refractivity contribution in [2.24, 2.45) is 0 Å². The molecule has 23 heavy (non-hydrogen) atoms. The SMILES string of the molecule is CCO[Si](CCCc1ccc(S(=O)(=O)Br)cc1)(OCC)OCC. The van der Waals surface area contributed by atoms with Crippen molar-refractivity contribution in [3.63, 3.8) is 0 Å². The Bertz CT molecular complexity index is 545. The molecule has 0 saturated carbocycles. The molecule has 0 saturated heterocycles. The summed E-state index contributed by atoms with van der Waals surface area (Å²) in [5, 5.41) is 0. The van der Waals surface area contributed by atoms with Crippen LogP contribution >= 0.6 is 14.8 Å². The number of hydrogen-bond donors (Lipinski definition) is 0. The van der Waals surface area contributed by atoms with Crippen molar-refractivity contribution >= 4 is 31.9 Å². The van der Waals surface area contributed by atoms with Gasteiger partial charge in [-0.2, -0.15) is 0 Å². The zero-order valence-electron chi connectivity index (χ0n) is 13.9. The zero-order valence-corrected chi connectivity index (χ0v) is 17.3. The van der Waals surface area contributed by atoms with Crippen molar-refractivity contribution in [1.82, 2.24) is 0 Å². The van der Waals surface area contributed by atoms with E-state index in [-0.39, 0.29) is 4.90 Å². The molecule has 0 aliphatic rings. The van der Waals surface area contributed by atoms with E-state index in [1.807, 2.05) is 32.9 Å². The lowest BCUT2D eigenvalue weighted by molar-refractivity contribution is 0.0708. The van der Waals surface area contributed by atoms with Crippen LogP contribution in [0.3, 0.4) is 0 Å². The third-order valence-electron chi connectivity index (χ3n) is 3.25. The van der Waals surface area contributed by atoms with Gasteiger partial charge < -0.3 is 13.3 Å². The maximum absolute atomic E-state index is 11.4. The summed E-state index contributed by atoms with van der Waals surface area (Å²) in [4.78, 5) is 0.267. The second-order valence-corrected chi connectivity index (χ2v) is 11.6. The molecular weight excluding hydrogens is 400 g/mol. The van der Waals surface area contributed by atoms with Gasteiger partial charge in [-0.3, -0.25) is 0 Å². The second kappa shape index (κ2) is 9.90. The van der Waals surface area contributed by atoms with Crippen LogP contribution in [-0.4, -0.2) is 37.0 Å². The fourth-order valence-corrected chi connectivity index (χ4v) is 6.05. The summed E-state index contributed by atoms with van der Waals surface area (Å²) in [7, 11) is -5.92. The summed E-state index contributed by atoms with van der Waals surface area (Å²) in [6.45, 7) is 7.55. The summed E-state index contributed by atoms with van der Waals surface area (Å²) in [6.07, 6.45) is 1.69. The summed E-state index contributed by atoms with van der Waals surface area (Å²) in [5.41, 5.74) is 1.08. The third kappa shape index (κ3) is 7.02. The van der Waals surface area contributed by atoms with Crippen LogP contribution in [0.5, 0.6) is 0 Å². The molecule has 0 fully saturated rings. The van der Waals surface area contributed by atoms with Crippen molar-refractivity contribution in [3.8, 4) is 0 Å². The molecule has 0 aliphatic heterocycles. The molecule has 0 radical (unpaired) electrons. The fraction of sp³-hybridized carbons (Fsp3) is 0.600. The van der Waals surface area contributed by atoms with E-state index in [9.17, 15) is 8.42 Å². The molecule has 132 valence electrons. The molecule has 0 bridgehead atoms. The Morgan fingerprint density at radius 1 is 0.957 bits per heavy atom. The lowest BCUT2D eigenvalue weighted by atomic mass is 10.1. The maximum Gasteiger partial charge on any atom is 0.500 e. The highest BCUT2D eigenvalue weighted by Gasteiger charge is 2.39. The Morgan fingerprint density at radius 2 is 1.43 bits per heavy atom. The van der Waals surface area contributed by atoms with E-state index in [2.05, 4.69) is 14.8 Å². The highest BCUT2D eigenvalue weighted by molar-refractivity contribution is 9.47. The first kappa shape index (κ1) is 20.8. The smallest absolute Gasteiger partial charge is 0.374 e. The van der Waals surface area contributed by atoms with Gasteiger partial charge in [0.25, 0.3) is 0 Å². The van der Waals surface area contributed by atoms with Crippen LogP contribution in [0.2, 0.25) is 6.04 Å². The Kier molecular flexibility index (Phi) is 8.95. The Morgan fingerprint density at radius 3 is 1.83 bits per heavy atom. The predicted molar refractivity (Wildman–Crippen MR) is 96.3 cm³/mol. The quantitative estimate of drug-likeness (QED) is 0.399. The molecular formula is C15H25BrO5SSi. The van der Waals surface area contributed by atoms with Gasteiger partial charge in [0.2, 0.25) is 8.27 Å². The Balaban J connectivity index is 2.65. The van der Waals surface area contributed by atoms with Gasteiger partial charge in [0.15, 0.2) is 0 Å². The summed E-state index contributed by atoms with van der Waals surface area (Å²) < 4.78 is 40.2. The van der Waals surface area contributed by atoms with E-state index in [1.54, 1.807) is 12.1 Å². The van der Waals surface area contributed by atoms with Crippen molar-refractivity contribution < 1.29 is 21.7 Å². The first-order chi connectivity index (χ1) is 10.9. The minimum Gasteiger partial charge on any atom is -0.374 e. The van der Waals surface area contributed by atoms with Gasteiger partial charge >= 0.3 is 8.80 Å². The van der Waals surface area contributed by atoms with Crippen LogP contribution in [0.1, 0.15) is 32.8 Å². The molecule has 0 unspecified atom stereocenters. The summed E-state index contributed by atoms with van der Waals surface area (Å²) in [5.74, 6) is 0. The van der Waals surface area contributed by atoms with E-state index in [1.165, 1.54) is 0 Å². The number of aryl methyl sites for hydroxylation is 1. The van der Waals surface area contributed by atoms with Crippen LogP contribution in [0.25, 0.3) is 0 Å². The van der Waals surface area contributed by atoms with Gasteiger partial charge in [0, 0.05) is 25.9 Å². The van der Waals surface area contributed by atoms with Crippen molar-refractivity contribution in [3.05, 3.63) is 29.8 Å². The highest BCUT2D eigenvalue weighted by Crippen LogP contribution is 2.21. The monoisotopic (exact) mass is 424 g/mol. The third-order valence-corrected chi connectivity index (χ3v) is 8.35. The molecule has 0 aliphatic carbocycles. The predicted octanol–water partition coefficient (Wildman–Crippen LogP) is 3.75. The summed E-state index contributed by atoms with van der Waals surface area (Å²) in [6, 6.07) is 7.63. The fourth-order valence-electron chi connectivity index (χ4n) is 2.33. The van der Waals surface area contributed by atoms with E-state index >= 15 is 0 Å². The average Bonchev–Trinajstić information content (AvgIpc) is 2.48. The molecule has 8 heteroatoms. The van der Waals surface area contributed by atoms with Gasteiger partial charge in [-0.25, -0.2) is 8.42 Å². The van der Waals surface area contributed by atoms with E-state index in [4.69, 9.17) is 13.3 Å². The van der Waals surface area contributed by atoms with Gasteiger partial charge in [-0.1, -0.05) is 12.1 Å². The molecule has 0 heterocycles. The van der Waals surface area contributed by atoms with Gasteiger partial charge in [0.1, 0.15) is 0 Å². The Hall–Kier alpha value is -0.253.